The predicted octanol–water partition coefficient (Wildman–Crippen LogP) is 5.44. The Hall–Kier alpha value is -3.51. The fraction of sp³-hybridized carbons (Fsp3) is 0.0417. The second kappa shape index (κ2) is 8.88. The predicted molar refractivity (Wildman–Crippen MR) is 123 cm³/mol. The van der Waals surface area contributed by atoms with E-state index in [1.165, 1.54) is 0 Å². The molecular formula is C24H18BrN3O2. The maximum atomic E-state index is 12.9. The van der Waals surface area contributed by atoms with Crippen molar-refractivity contribution in [2.75, 3.05) is 7.11 Å². The van der Waals surface area contributed by atoms with Crippen LogP contribution in [0.2, 0.25) is 0 Å². The Bertz CT molecular complexity index is 1240. The van der Waals surface area contributed by atoms with Crippen LogP contribution < -0.4 is 10.2 Å². The van der Waals surface area contributed by atoms with Crippen molar-refractivity contribution in [2.45, 2.75) is 0 Å². The molecule has 1 heterocycles. The van der Waals surface area contributed by atoms with Crippen molar-refractivity contribution >= 4 is 39.0 Å². The lowest BCUT2D eigenvalue weighted by atomic mass is 10.0. The second-order valence-corrected chi connectivity index (χ2v) is 7.39. The summed E-state index contributed by atoms with van der Waals surface area (Å²) in [6.07, 6.45) is 1.59. The zero-order valence-electron chi connectivity index (χ0n) is 16.2. The molecule has 4 aromatic rings. The number of hydrazone groups is 1. The van der Waals surface area contributed by atoms with E-state index in [2.05, 4.69) is 26.5 Å². The molecule has 1 aromatic heterocycles. The number of rotatable bonds is 5. The maximum Gasteiger partial charge on any atom is 0.272 e. The normalized spacial score (nSPS) is 11.0. The molecule has 0 bridgehead atoms. The van der Waals surface area contributed by atoms with Crippen molar-refractivity contribution in [1.82, 2.24) is 10.4 Å². The first-order chi connectivity index (χ1) is 14.7. The first-order valence-electron chi connectivity index (χ1n) is 9.28. The van der Waals surface area contributed by atoms with Gasteiger partial charge in [-0.15, -0.1) is 0 Å². The number of fused-ring (bicyclic) bond motifs is 1. The fourth-order valence-corrected chi connectivity index (χ4v) is 3.67. The maximum absolute atomic E-state index is 12.9. The molecule has 0 aliphatic carbocycles. The van der Waals surface area contributed by atoms with Gasteiger partial charge in [0.05, 0.1) is 34.6 Å². The molecule has 0 aliphatic heterocycles. The van der Waals surface area contributed by atoms with Gasteiger partial charge in [0, 0.05) is 10.9 Å². The van der Waals surface area contributed by atoms with E-state index >= 15 is 0 Å². The number of nitrogens with one attached hydrogen (secondary N) is 1. The Morgan fingerprint density at radius 1 is 1.03 bits per heavy atom. The summed E-state index contributed by atoms with van der Waals surface area (Å²) in [6, 6.07) is 24.7. The quantitative estimate of drug-likeness (QED) is 0.319. The number of hydrogen-bond acceptors (Lipinski definition) is 4. The van der Waals surface area contributed by atoms with Gasteiger partial charge < -0.3 is 4.74 Å². The van der Waals surface area contributed by atoms with Crippen LogP contribution in [0.4, 0.5) is 0 Å². The third-order valence-corrected chi connectivity index (χ3v) is 5.21. The van der Waals surface area contributed by atoms with Crippen molar-refractivity contribution in [3.8, 4) is 17.0 Å². The van der Waals surface area contributed by atoms with Gasteiger partial charge in [-0.3, -0.25) is 4.79 Å². The van der Waals surface area contributed by atoms with Crippen LogP contribution in [0.15, 0.2) is 88.4 Å². The summed E-state index contributed by atoms with van der Waals surface area (Å²) in [5.74, 6) is 0.433. The highest BCUT2D eigenvalue weighted by atomic mass is 79.9. The molecule has 0 spiro atoms. The van der Waals surface area contributed by atoms with Crippen LogP contribution in [-0.4, -0.2) is 24.2 Å². The Morgan fingerprint density at radius 3 is 2.57 bits per heavy atom. The highest BCUT2D eigenvalue weighted by Gasteiger charge is 2.13. The zero-order valence-corrected chi connectivity index (χ0v) is 17.8. The second-order valence-electron chi connectivity index (χ2n) is 6.53. The van der Waals surface area contributed by atoms with E-state index in [1.807, 2.05) is 72.8 Å². The average molecular weight is 460 g/mol. The third kappa shape index (κ3) is 4.23. The number of hydrogen-bond donors (Lipinski definition) is 1. The van der Waals surface area contributed by atoms with Crippen molar-refractivity contribution in [3.05, 3.63) is 94.5 Å². The molecule has 0 unspecified atom stereocenters. The van der Waals surface area contributed by atoms with Crippen LogP contribution in [0.5, 0.6) is 5.75 Å². The number of para-hydroxylation sites is 1. The summed E-state index contributed by atoms with van der Waals surface area (Å²) in [6.45, 7) is 0. The summed E-state index contributed by atoms with van der Waals surface area (Å²) in [5.41, 5.74) is 6.41. The Kier molecular flexibility index (Phi) is 5.86. The number of carbonyl (C=O) groups excluding carboxylic acids is 1. The molecule has 5 nitrogen and oxygen atoms in total. The minimum atomic E-state index is -0.297. The molecule has 0 saturated carbocycles. The molecule has 148 valence electrons. The van der Waals surface area contributed by atoms with Crippen LogP contribution in [0.3, 0.4) is 0 Å². The average Bonchev–Trinajstić information content (AvgIpc) is 2.79. The van der Waals surface area contributed by atoms with E-state index in [1.54, 1.807) is 19.4 Å². The van der Waals surface area contributed by atoms with Gasteiger partial charge in [0.25, 0.3) is 5.91 Å². The lowest BCUT2D eigenvalue weighted by Gasteiger charge is -2.09. The number of ether oxygens (including phenoxy) is 1. The van der Waals surface area contributed by atoms with Gasteiger partial charge in [0.1, 0.15) is 5.75 Å². The summed E-state index contributed by atoms with van der Waals surface area (Å²) in [7, 11) is 1.61. The molecule has 1 N–H and O–H groups in total. The number of halogens is 1. The summed E-state index contributed by atoms with van der Waals surface area (Å²) in [4.78, 5) is 17.6. The molecule has 0 aliphatic rings. The topological polar surface area (TPSA) is 63.6 Å². The lowest BCUT2D eigenvalue weighted by molar-refractivity contribution is 0.0956. The van der Waals surface area contributed by atoms with Gasteiger partial charge in [-0.05, 0) is 51.8 Å². The molecule has 6 heteroatoms. The SMILES string of the molecule is COc1ccc(/C=N/NC(=O)c2cc(-c3ccccc3)nc3ccccc23)cc1Br. The van der Waals surface area contributed by atoms with Gasteiger partial charge in [-0.1, -0.05) is 48.5 Å². The number of pyridine rings is 1. The smallest absolute Gasteiger partial charge is 0.272 e. The lowest BCUT2D eigenvalue weighted by Crippen LogP contribution is -2.18. The van der Waals surface area contributed by atoms with Crippen molar-refractivity contribution < 1.29 is 9.53 Å². The van der Waals surface area contributed by atoms with Gasteiger partial charge >= 0.3 is 0 Å². The standard InChI is InChI=1S/C24H18BrN3O2/c1-30-23-12-11-16(13-20(23)25)15-26-28-24(29)19-14-22(17-7-3-2-4-8-17)27-21-10-6-5-9-18(19)21/h2-15H,1H3,(H,28,29)/b26-15+. The highest BCUT2D eigenvalue weighted by molar-refractivity contribution is 9.10. The molecule has 0 atom stereocenters. The minimum absolute atomic E-state index is 0.297. The van der Waals surface area contributed by atoms with Crippen LogP contribution in [0.25, 0.3) is 22.2 Å². The van der Waals surface area contributed by atoms with Crippen LogP contribution in [0.1, 0.15) is 15.9 Å². The third-order valence-electron chi connectivity index (χ3n) is 4.59. The molecule has 4 rings (SSSR count). The van der Waals surface area contributed by atoms with Crippen molar-refractivity contribution in [2.24, 2.45) is 5.10 Å². The van der Waals surface area contributed by atoms with Gasteiger partial charge in [-0.2, -0.15) is 5.10 Å². The molecule has 3 aromatic carbocycles. The first kappa shape index (κ1) is 19.8. The van der Waals surface area contributed by atoms with Crippen LogP contribution in [0, 0.1) is 0 Å². The van der Waals surface area contributed by atoms with Crippen LogP contribution >= 0.6 is 15.9 Å². The first-order valence-corrected chi connectivity index (χ1v) is 10.1. The molecule has 0 radical (unpaired) electrons. The van der Waals surface area contributed by atoms with Crippen LogP contribution in [-0.2, 0) is 0 Å². The van der Waals surface area contributed by atoms with Crippen molar-refractivity contribution in [1.29, 1.82) is 0 Å². The van der Waals surface area contributed by atoms with E-state index in [-0.39, 0.29) is 5.91 Å². The number of methoxy groups -OCH3 is 1. The van der Waals surface area contributed by atoms with Gasteiger partial charge in [-0.25, -0.2) is 10.4 Å². The minimum Gasteiger partial charge on any atom is -0.496 e. The molecule has 0 fully saturated rings. The monoisotopic (exact) mass is 459 g/mol. The van der Waals surface area contributed by atoms with E-state index in [0.717, 1.165) is 37.9 Å². The number of benzene rings is 3. The number of nitrogens with zero attached hydrogens (tertiary/aromatic N) is 2. The van der Waals surface area contributed by atoms with Crippen molar-refractivity contribution in [3.63, 3.8) is 0 Å². The van der Waals surface area contributed by atoms with E-state index in [0.29, 0.717) is 5.56 Å². The van der Waals surface area contributed by atoms with Gasteiger partial charge in [0.15, 0.2) is 0 Å². The van der Waals surface area contributed by atoms with E-state index in [9.17, 15) is 4.79 Å². The molecule has 30 heavy (non-hydrogen) atoms. The fourth-order valence-electron chi connectivity index (χ4n) is 3.11. The highest BCUT2D eigenvalue weighted by Crippen LogP contribution is 2.26. The van der Waals surface area contributed by atoms with E-state index < -0.39 is 0 Å². The number of amides is 1. The number of aromatic nitrogens is 1. The van der Waals surface area contributed by atoms with E-state index in [4.69, 9.17) is 9.72 Å². The summed E-state index contributed by atoms with van der Waals surface area (Å²) >= 11 is 3.44. The molecular weight excluding hydrogens is 442 g/mol. The zero-order chi connectivity index (χ0) is 20.9. The largest absolute Gasteiger partial charge is 0.496 e. The Balaban J connectivity index is 1.63. The number of carbonyl (C=O) groups is 1. The summed E-state index contributed by atoms with van der Waals surface area (Å²) in [5, 5.41) is 4.89. The summed E-state index contributed by atoms with van der Waals surface area (Å²) < 4.78 is 6.03. The molecule has 1 amide bonds. The Labute approximate surface area is 182 Å². The van der Waals surface area contributed by atoms with Gasteiger partial charge in [0.2, 0.25) is 0 Å². The molecule has 0 saturated heterocycles. The Morgan fingerprint density at radius 2 is 1.80 bits per heavy atom.